The molecule has 2 rings (SSSR count). The Morgan fingerprint density at radius 3 is 2.59 bits per heavy atom. The molecule has 1 aromatic carbocycles. The molecule has 0 bridgehead atoms. The quantitative estimate of drug-likeness (QED) is 0.710. The normalized spacial score (nSPS) is 19.0. The summed E-state index contributed by atoms with van der Waals surface area (Å²) in [5, 5.41) is 0.781. The smallest absolute Gasteiger partial charge is 0.410 e. The summed E-state index contributed by atoms with van der Waals surface area (Å²) in [5.41, 5.74) is -0.0967. The predicted molar refractivity (Wildman–Crippen MR) is 108 cm³/mol. The molecule has 1 saturated heterocycles. The van der Waals surface area contributed by atoms with Crippen LogP contribution in [0.15, 0.2) is 18.2 Å². The van der Waals surface area contributed by atoms with E-state index in [0.29, 0.717) is 28.6 Å². The number of hydrogen-bond donors (Lipinski definition) is 0. The van der Waals surface area contributed by atoms with Crippen LogP contribution < -0.4 is 0 Å². The van der Waals surface area contributed by atoms with Crippen LogP contribution in [0.4, 0.5) is 4.79 Å². The Morgan fingerprint density at radius 2 is 2.00 bits per heavy atom. The van der Waals surface area contributed by atoms with Crippen LogP contribution in [0.25, 0.3) is 0 Å². The first-order valence-corrected chi connectivity index (χ1v) is 11.1. The number of amides is 1. The number of carbonyl (C=O) groups excluding carboxylic acids is 1. The summed E-state index contributed by atoms with van der Waals surface area (Å²) < 4.78 is 32.5. The maximum absolute atomic E-state index is 12.9. The van der Waals surface area contributed by atoms with Crippen LogP contribution in [0, 0.1) is 0 Å². The first kappa shape index (κ1) is 22.3. The largest absolute Gasteiger partial charge is 0.444 e. The molecule has 1 fully saturated rings. The third kappa shape index (κ3) is 6.24. The second-order valence-electron chi connectivity index (χ2n) is 7.74. The van der Waals surface area contributed by atoms with Crippen LogP contribution in [-0.2, 0) is 20.5 Å². The van der Waals surface area contributed by atoms with E-state index >= 15 is 0 Å². The van der Waals surface area contributed by atoms with Crippen LogP contribution in [0.2, 0.25) is 10.0 Å². The fourth-order valence-electron chi connectivity index (χ4n) is 2.90. The van der Waals surface area contributed by atoms with E-state index in [0.717, 1.165) is 6.42 Å². The number of sulfonamides is 1. The summed E-state index contributed by atoms with van der Waals surface area (Å²) in [6.07, 6.45) is 0.946. The van der Waals surface area contributed by atoms with Crippen molar-refractivity contribution in [3.05, 3.63) is 33.8 Å². The fraction of sp³-hybridized carbons (Fsp3) is 0.611. The summed E-state index contributed by atoms with van der Waals surface area (Å²) in [6.45, 7) is 6.06. The molecule has 0 saturated carbocycles. The minimum absolute atomic E-state index is 0.203. The lowest BCUT2D eigenvalue weighted by Gasteiger charge is -2.37. The number of nitrogens with zero attached hydrogens (tertiary/aromatic N) is 2. The highest BCUT2D eigenvalue weighted by Crippen LogP contribution is 2.26. The van der Waals surface area contributed by atoms with Gasteiger partial charge in [-0.1, -0.05) is 29.3 Å². The van der Waals surface area contributed by atoms with Gasteiger partial charge in [0.15, 0.2) is 0 Å². The van der Waals surface area contributed by atoms with Gasteiger partial charge in [-0.15, -0.1) is 0 Å². The van der Waals surface area contributed by atoms with Gasteiger partial charge in [-0.05, 0) is 51.3 Å². The molecule has 1 heterocycles. The molecule has 1 unspecified atom stereocenters. The molecule has 0 spiro atoms. The Kier molecular flexibility index (Phi) is 7.06. The molecule has 0 aliphatic carbocycles. The number of ether oxygens (including phenoxy) is 1. The van der Waals surface area contributed by atoms with Crippen molar-refractivity contribution in [1.82, 2.24) is 9.21 Å². The Bertz CT molecular complexity index is 793. The van der Waals surface area contributed by atoms with E-state index in [1.54, 1.807) is 40.0 Å². The number of rotatable bonds is 4. The van der Waals surface area contributed by atoms with Crippen LogP contribution in [0.3, 0.4) is 0 Å². The van der Waals surface area contributed by atoms with Crippen LogP contribution in [0.5, 0.6) is 0 Å². The molecular formula is C18H26Cl2N2O4S. The second-order valence-corrected chi connectivity index (χ2v) is 10.5. The van der Waals surface area contributed by atoms with Gasteiger partial charge in [0.25, 0.3) is 0 Å². The second kappa shape index (κ2) is 8.55. The van der Waals surface area contributed by atoms with Crippen molar-refractivity contribution >= 4 is 39.3 Å². The summed E-state index contributed by atoms with van der Waals surface area (Å²) in [5.74, 6) is -0.203. The lowest BCUT2D eigenvalue weighted by Crippen LogP contribution is -2.51. The molecule has 1 aliphatic rings. The third-order valence-electron chi connectivity index (χ3n) is 4.33. The highest BCUT2D eigenvalue weighted by Gasteiger charge is 2.34. The predicted octanol–water partition coefficient (Wildman–Crippen LogP) is 4.15. The third-order valence-corrected chi connectivity index (χ3v) is 6.72. The monoisotopic (exact) mass is 436 g/mol. The molecule has 1 amide bonds. The molecule has 0 aromatic heterocycles. The molecule has 27 heavy (non-hydrogen) atoms. The molecule has 0 radical (unpaired) electrons. The SMILES string of the molecule is CN(C(=O)OC(C)(C)C)C1CCCN(S(=O)(=O)Cc2ccc(Cl)cc2Cl)C1. The Labute approximate surface area is 171 Å². The van der Waals surface area contributed by atoms with Gasteiger partial charge < -0.3 is 9.64 Å². The van der Waals surface area contributed by atoms with E-state index in [1.165, 1.54) is 15.3 Å². The molecule has 9 heteroatoms. The zero-order chi connectivity index (χ0) is 20.4. The summed E-state index contributed by atoms with van der Waals surface area (Å²) in [4.78, 5) is 13.8. The summed E-state index contributed by atoms with van der Waals surface area (Å²) in [6, 6.07) is 4.54. The number of piperidine rings is 1. The summed E-state index contributed by atoms with van der Waals surface area (Å²) in [7, 11) is -1.93. The molecule has 1 atom stereocenters. The number of hydrogen-bond acceptors (Lipinski definition) is 4. The van der Waals surface area contributed by atoms with Gasteiger partial charge in [0, 0.05) is 36.2 Å². The molecule has 1 aliphatic heterocycles. The summed E-state index contributed by atoms with van der Waals surface area (Å²) >= 11 is 12.0. The van der Waals surface area contributed by atoms with E-state index in [1.807, 2.05) is 0 Å². The van der Waals surface area contributed by atoms with Gasteiger partial charge in [0.2, 0.25) is 10.0 Å². The number of likely N-dealkylation sites (N-methyl/N-ethyl adjacent to an activating group) is 1. The van der Waals surface area contributed by atoms with Gasteiger partial charge in [0.05, 0.1) is 5.75 Å². The van der Waals surface area contributed by atoms with Gasteiger partial charge in [-0.2, -0.15) is 4.31 Å². The highest BCUT2D eigenvalue weighted by atomic mass is 35.5. The molecular weight excluding hydrogens is 411 g/mol. The van der Waals surface area contributed by atoms with E-state index in [9.17, 15) is 13.2 Å². The number of halogens is 2. The standard InChI is InChI=1S/C18H26Cl2N2O4S/c1-18(2,3)26-17(23)21(4)15-6-5-9-22(11-15)27(24,25)12-13-7-8-14(19)10-16(13)20/h7-8,10,15H,5-6,9,11-12H2,1-4H3. The van der Waals surface area contributed by atoms with E-state index in [-0.39, 0.29) is 18.3 Å². The maximum atomic E-state index is 12.9. The number of benzene rings is 1. The van der Waals surface area contributed by atoms with Gasteiger partial charge >= 0.3 is 6.09 Å². The van der Waals surface area contributed by atoms with Crippen LogP contribution >= 0.6 is 23.2 Å². The Balaban J connectivity index is 2.08. The van der Waals surface area contributed by atoms with Gasteiger partial charge in [-0.25, -0.2) is 13.2 Å². The van der Waals surface area contributed by atoms with Crippen molar-refractivity contribution in [2.75, 3.05) is 20.1 Å². The molecule has 6 nitrogen and oxygen atoms in total. The first-order chi connectivity index (χ1) is 12.4. The van der Waals surface area contributed by atoms with E-state index < -0.39 is 21.7 Å². The average Bonchev–Trinajstić information content (AvgIpc) is 2.55. The lowest BCUT2D eigenvalue weighted by molar-refractivity contribution is 0.0173. The van der Waals surface area contributed by atoms with Crippen molar-refractivity contribution in [2.45, 2.75) is 51.0 Å². The molecule has 152 valence electrons. The van der Waals surface area contributed by atoms with Gasteiger partial charge in [0.1, 0.15) is 5.60 Å². The lowest BCUT2D eigenvalue weighted by atomic mass is 10.1. The van der Waals surface area contributed by atoms with E-state index in [4.69, 9.17) is 27.9 Å². The minimum Gasteiger partial charge on any atom is -0.444 e. The van der Waals surface area contributed by atoms with E-state index in [2.05, 4.69) is 0 Å². The maximum Gasteiger partial charge on any atom is 0.410 e. The van der Waals surface area contributed by atoms with Crippen molar-refractivity contribution in [1.29, 1.82) is 0 Å². The van der Waals surface area contributed by atoms with Crippen molar-refractivity contribution in [3.63, 3.8) is 0 Å². The zero-order valence-electron chi connectivity index (χ0n) is 16.0. The van der Waals surface area contributed by atoms with Crippen molar-refractivity contribution in [2.24, 2.45) is 0 Å². The minimum atomic E-state index is -3.57. The molecule has 1 aromatic rings. The van der Waals surface area contributed by atoms with Crippen LogP contribution in [-0.4, -0.2) is 55.5 Å². The molecule has 0 N–H and O–H groups in total. The average molecular weight is 437 g/mol. The van der Waals surface area contributed by atoms with Crippen molar-refractivity contribution < 1.29 is 17.9 Å². The van der Waals surface area contributed by atoms with Gasteiger partial charge in [-0.3, -0.25) is 0 Å². The van der Waals surface area contributed by atoms with Crippen LogP contribution in [0.1, 0.15) is 39.2 Å². The first-order valence-electron chi connectivity index (χ1n) is 8.76. The number of carbonyl (C=O) groups is 1. The Morgan fingerprint density at radius 1 is 1.33 bits per heavy atom. The topological polar surface area (TPSA) is 66.9 Å². The fourth-order valence-corrected chi connectivity index (χ4v) is 5.09. The highest BCUT2D eigenvalue weighted by molar-refractivity contribution is 7.88. The Hall–Kier alpha value is -1.02. The van der Waals surface area contributed by atoms with Crippen molar-refractivity contribution in [3.8, 4) is 0 Å². The zero-order valence-corrected chi connectivity index (χ0v) is 18.4.